The van der Waals surface area contributed by atoms with Gasteiger partial charge in [0, 0.05) is 48.0 Å². The summed E-state index contributed by atoms with van der Waals surface area (Å²) in [7, 11) is 0. The number of aromatic nitrogens is 3. The zero-order valence-electron chi connectivity index (χ0n) is 18.6. The largest absolute Gasteiger partial charge is 0.419 e. The van der Waals surface area contributed by atoms with Crippen LogP contribution in [0.1, 0.15) is 56.8 Å². The minimum absolute atomic E-state index is 0.124. The Morgan fingerprint density at radius 3 is 2.53 bits per heavy atom. The second-order valence-corrected chi connectivity index (χ2v) is 9.79. The summed E-state index contributed by atoms with van der Waals surface area (Å²) in [5, 5.41) is 4.68. The summed E-state index contributed by atoms with van der Waals surface area (Å²) in [5.41, 5.74) is 6.55. The van der Waals surface area contributed by atoms with Gasteiger partial charge in [-0.15, -0.1) is 0 Å². The maximum atomic E-state index is 13.3. The lowest BCUT2D eigenvalue weighted by atomic mass is 10.0. The van der Waals surface area contributed by atoms with Crippen molar-refractivity contribution >= 4 is 5.82 Å². The van der Waals surface area contributed by atoms with Crippen molar-refractivity contribution in [3.63, 3.8) is 0 Å². The van der Waals surface area contributed by atoms with Crippen molar-refractivity contribution in [3.05, 3.63) is 29.6 Å². The molecule has 3 fully saturated rings. The first-order valence-electron chi connectivity index (χ1n) is 11.4. The van der Waals surface area contributed by atoms with Crippen LogP contribution in [-0.2, 0) is 10.9 Å². The van der Waals surface area contributed by atoms with Crippen LogP contribution in [0.25, 0.3) is 11.3 Å². The zero-order valence-corrected chi connectivity index (χ0v) is 18.6. The Morgan fingerprint density at radius 2 is 1.91 bits per heavy atom. The van der Waals surface area contributed by atoms with E-state index in [1.54, 1.807) is 0 Å². The number of anilines is 1. The number of pyridine rings is 1. The van der Waals surface area contributed by atoms with Gasteiger partial charge >= 0.3 is 6.18 Å². The summed E-state index contributed by atoms with van der Waals surface area (Å²) >= 11 is 0. The predicted molar refractivity (Wildman–Crippen MR) is 115 cm³/mol. The number of morpholine rings is 1. The lowest BCUT2D eigenvalue weighted by Gasteiger charge is -2.38. The van der Waals surface area contributed by atoms with Crippen molar-refractivity contribution in [2.75, 3.05) is 25.5 Å². The summed E-state index contributed by atoms with van der Waals surface area (Å²) in [5.74, 6) is 1.15. The number of nitrogens with zero attached hydrogens (tertiary/aromatic N) is 4. The van der Waals surface area contributed by atoms with Crippen LogP contribution in [0.2, 0.25) is 0 Å². The van der Waals surface area contributed by atoms with Crippen molar-refractivity contribution in [2.24, 2.45) is 11.8 Å². The minimum atomic E-state index is -4.55. The van der Waals surface area contributed by atoms with E-state index < -0.39 is 17.6 Å². The molecule has 0 amide bonds. The third-order valence-corrected chi connectivity index (χ3v) is 7.42. The molecule has 5 rings (SSSR count). The number of hydrogen-bond acceptors (Lipinski definition) is 5. The molecule has 6 nitrogen and oxygen atoms in total. The van der Waals surface area contributed by atoms with Gasteiger partial charge in [-0.2, -0.15) is 18.3 Å². The molecule has 2 saturated carbocycles. The molecule has 32 heavy (non-hydrogen) atoms. The van der Waals surface area contributed by atoms with E-state index in [-0.39, 0.29) is 6.04 Å². The average Bonchev–Trinajstić information content (AvgIpc) is 3.07. The highest BCUT2D eigenvalue weighted by molar-refractivity contribution is 5.63. The second-order valence-electron chi connectivity index (χ2n) is 9.79. The molecule has 0 radical (unpaired) electrons. The number of nitrogens with two attached hydrogens (primary N) is 1. The van der Waals surface area contributed by atoms with E-state index in [9.17, 15) is 13.2 Å². The normalized spacial score (nSPS) is 30.7. The molecule has 2 aromatic heterocycles. The van der Waals surface area contributed by atoms with Crippen molar-refractivity contribution < 1.29 is 17.9 Å². The van der Waals surface area contributed by atoms with Gasteiger partial charge in [0.25, 0.3) is 0 Å². The average molecular weight is 450 g/mol. The van der Waals surface area contributed by atoms with Gasteiger partial charge in [-0.05, 0) is 57.6 Å². The smallest absolute Gasteiger partial charge is 0.383 e. The fourth-order valence-corrected chi connectivity index (χ4v) is 5.86. The molecule has 2 aliphatic carbocycles. The van der Waals surface area contributed by atoms with E-state index in [0.29, 0.717) is 41.1 Å². The van der Waals surface area contributed by atoms with Crippen molar-refractivity contribution in [2.45, 2.75) is 63.8 Å². The summed E-state index contributed by atoms with van der Waals surface area (Å²) < 4.78 is 47.5. The molecular formula is C23H30F3N5O. The van der Waals surface area contributed by atoms with Crippen molar-refractivity contribution in [1.82, 2.24) is 19.7 Å². The molecule has 174 valence electrons. The fourth-order valence-electron chi connectivity index (χ4n) is 5.86. The number of alkyl halides is 3. The lowest BCUT2D eigenvalue weighted by molar-refractivity contribution is -0.137. The molecule has 2 N–H and O–H groups in total. The summed E-state index contributed by atoms with van der Waals surface area (Å²) in [4.78, 5) is 6.38. The van der Waals surface area contributed by atoms with Crippen LogP contribution in [0.15, 0.2) is 18.3 Å². The Balaban J connectivity index is 1.38. The molecule has 1 aliphatic heterocycles. The van der Waals surface area contributed by atoms with Crippen LogP contribution in [-0.4, -0.2) is 51.5 Å². The highest BCUT2D eigenvalue weighted by Crippen LogP contribution is 2.64. The topological polar surface area (TPSA) is 69.2 Å². The second kappa shape index (κ2) is 7.73. The molecule has 0 bridgehead atoms. The Bertz CT molecular complexity index is 992. The van der Waals surface area contributed by atoms with E-state index in [1.807, 2.05) is 10.7 Å². The molecule has 2 aromatic rings. The van der Waals surface area contributed by atoms with Crippen LogP contribution in [0.3, 0.4) is 0 Å². The van der Waals surface area contributed by atoms with Gasteiger partial charge in [0.2, 0.25) is 0 Å². The first-order chi connectivity index (χ1) is 15.1. The number of fused-ring (bicyclic) bond motifs is 1. The summed E-state index contributed by atoms with van der Waals surface area (Å²) in [6, 6.07) is 4.20. The molecular weight excluding hydrogens is 419 g/mol. The fraction of sp³-hybridized carbons (Fsp3) is 0.652. The van der Waals surface area contributed by atoms with E-state index in [1.165, 1.54) is 19.0 Å². The zero-order chi connectivity index (χ0) is 22.8. The highest BCUT2D eigenvalue weighted by atomic mass is 19.4. The molecule has 1 saturated heterocycles. The predicted octanol–water partition coefficient (Wildman–Crippen LogP) is 4.34. The van der Waals surface area contributed by atoms with Crippen molar-refractivity contribution in [3.8, 4) is 11.3 Å². The molecule has 0 spiro atoms. The standard InChI is InChI=1S/C23H30F3N5O/c1-12(2)31-20(9-19(29-31)14-6-18(23(24,25)26)22(27)28-10-14)21-16-7-15(8-17(16)21)30-4-5-32-11-13(30)3/h6,9-10,12-13,15-17,21H,4-5,7-8,11H2,1-3H3,(H2,27,28)/t13-,15-,16-,17+,21+/m0/s1. The first kappa shape index (κ1) is 21.7. The molecule has 0 unspecified atom stereocenters. The van der Waals surface area contributed by atoms with Crippen LogP contribution in [0.4, 0.5) is 19.0 Å². The third kappa shape index (κ3) is 3.69. The number of nitrogen functional groups attached to an aromatic ring is 1. The van der Waals surface area contributed by atoms with Gasteiger partial charge in [-0.1, -0.05) is 0 Å². The Kier molecular flexibility index (Phi) is 5.24. The van der Waals surface area contributed by atoms with E-state index in [4.69, 9.17) is 10.5 Å². The molecule has 9 heteroatoms. The van der Waals surface area contributed by atoms with Crippen molar-refractivity contribution in [1.29, 1.82) is 0 Å². The van der Waals surface area contributed by atoms with Crippen LogP contribution in [0.5, 0.6) is 0 Å². The number of hydrogen-bond donors (Lipinski definition) is 1. The quantitative estimate of drug-likeness (QED) is 0.752. The molecule has 3 aliphatic rings. The Labute approximate surface area is 185 Å². The maximum absolute atomic E-state index is 13.3. The SMILES string of the molecule is CC(C)n1nc(-c2cnc(N)c(C(F)(F)F)c2)cc1[C@H]1[C@@H]2C[C@@H](N3CCOC[C@@H]3C)C[C@@H]21. The number of halogens is 3. The first-order valence-corrected chi connectivity index (χ1v) is 11.4. The third-order valence-electron chi connectivity index (χ3n) is 7.42. The monoisotopic (exact) mass is 449 g/mol. The lowest BCUT2D eigenvalue weighted by Crippen LogP contribution is -2.49. The highest BCUT2D eigenvalue weighted by Gasteiger charge is 2.59. The van der Waals surface area contributed by atoms with Crippen LogP contribution in [0, 0.1) is 11.8 Å². The van der Waals surface area contributed by atoms with E-state index in [0.717, 1.165) is 31.5 Å². The van der Waals surface area contributed by atoms with E-state index >= 15 is 0 Å². The number of ether oxygens (including phenoxy) is 1. The van der Waals surface area contributed by atoms with Gasteiger partial charge in [0.05, 0.1) is 24.5 Å². The number of rotatable bonds is 4. The van der Waals surface area contributed by atoms with Gasteiger partial charge in [0.1, 0.15) is 5.82 Å². The Morgan fingerprint density at radius 1 is 1.19 bits per heavy atom. The van der Waals surface area contributed by atoms with Crippen LogP contribution >= 0.6 is 0 Å². The van der Waals surface area contributed by atoms with Gasteiger partial charge in [-0.25, -0.2) is 4.98 Å². The molecule has 3 heterocycles. The summed E-state index contributed by atoms with van der Waals surface area (Å²) in [6.07, 6.45) is -0.833. The molecule has 0 aromatic carbocycles. The minimum Gasteiger partial charge on any atom is -0.383 e. The molecule has 5 atom stereocenters. The van der Waals surface area contributed by atoms with Gasteiger partial charge in [-0.3, -0.25) is 9.58 Å². The van der Waals surface area contributed by atoms with E-state index in [2.05, 4.69) is 35.8 Å². The maximum Gasteiger partial charge on any atom is 0.419 e. The van der Waals surface area contributed by atoms with Gasteiger partial charge in [0.15, 0.2) is 0 Å². The summed E-state index contributed by atoms with van der Waals surface area (Å²) in [6.45, 7) is 8.94. The van der Waals surface area contributed by atoms with Gasteiger partial charge < -0.3 is 10.5 Å². The Hall–Kier alpha value is -2.13. The van der Waals surface area contributed by atoms with Crippen LogP contribution < -0.4 is 5.73 Å².